The number of ether oxygens (including phenoxy) is 2. The molecule has 0 saturated heterocycles. The number of nitrogens with two attached hydrogens (primary N) is 1. The highest BCUT2D eigenvalue weighted by molar-refractivity contribution is 9.10. The van der Waals surface area contributed by atoms with E-state index in [9.17, 15) is 0 Å². The first-order valence-electron chi connectivity index (χ1n) is 5.21. The van der Waals surface area contributed by atoms with Gasteiger partial charge in [-0.1, -0.05) is 15.9 Å². The molecule has 0 radical (unpaired) electrons. The first kappa shape index (κ1) is 11.7. The van der Waals surface area contributed by atoms with Crippen LogP contribution in [0.25, 0.3) is 0 Å². The van der Waals surface area contributed by atoms with Gasteiger partial charge in [-0.15, -0.1) is 0 Å². The normalized spacial score (nSPS) is 14.6. The first-order chi connectivity index (χ1) is 7.81. The van der Waals surface area contributed by atoms with Crippen molar-refractivity contribution < 1.29 is 14.3 Å². The van der Waals surface area contributed by atoms with Crippen molar-refractivity contribution in [2.45, 2.75) is 12.8 Å². The van der Waals surface area contributed by atoms with Gasteiger partial charge in [0.1, 0.15) is 0 Å². The second-order valence-corrected chi connectivity index (χ2v) is 4.42. The van der Waals surface area contributed by atoms with Gasteiger partial charge in [0, 0.05) is 10.9 Å². The van der Waals surface area contributed by atoms with Crippen LogP contribution in [0.5, 0.6) is 11.5 Å². The van der Waals surface area contributed by atoms with E-state index in [4.69, 9.17) is 15.4 Å². The molecule has 4 nitrogen and oxygen atoms in total. The minimum atomic E-state index is 0.484. The van der Waals surface area contributed by atoms with Crippen molar-refractivity contribution >= 4 is 15.9 Å². The predicted octanol–water partition coefficient (Wildman–Crippen LogP) is 2.04. The molecule has 0 aromatic heterocycles. The molecule has 1 aliphatic heterocycles. The van der Waals surface area contributed by atoms with Crippen LogP contribution in [0.3, 0.4) is 0 Å². The van der Waals surface area contributed by atoms with Crippen LogP contribution in [-0.2, 0) is 11.3 Å². The van der Waals surface area contributed by atoms with E-state index >= 15 is 0 Å². The molecule has 0 unspecified atom stereocenters. The van der Waals surface area contributed by atoms with Crippen LogP contribution in [0.4, 0.5) is 0 Å². The van der Waals surface area contributed by atoms with Gasteiger partial charge in [0.2, 0.25) is 0 Å². The van der Waals surface area contributed by atoms with Gasteiger partial charge >= 0.3 is 0 Å². The van der Waals surface area contributed by atoms with Crippen molar-refractivity contribution in [2.24, 2.45) is 5.90 Å². The Morgan fingerprint density at radius 3 is 2.62 bits per heavy atom. The van der Waals surface area contributed by atoms with Crippen LogP contribution in [0, 0.1) is 0 Å². The Bertz CT molecular complexity index is 370. The van der Waals surface area contributed by atoms with Gasteiger partial charge in [0.25, 0.3) is 0 Å². The molecule has 5 heteroatoms. The molecule has 0 bridgehead atoms. The molecule has 0 atom stereocenters. The summed E-state index contributed by atoms with van der Waals surface area (Å²) in [7, 11) is 0. The molecule has 0 aliphatic carbocycles. The van der Waals surface area contributed by atoms with Crippen molar-refractivity contribution in [1.82, 2.24) is 0 Å². The van der Waals surface area contributed by atoms with Crippen molar-refractivity contribution in [3.63, 3.8) is 0 Å². The Morgan fingerprint density at radius 1 is 1.25 bits per heavy atom. The summed E-state index contributed by atoms with van der Waals surface area (Å²) in [6.07, 6.45) is 1.65. The van der Waals surface area contributed by atoms with Crippen LogP contribution < -0.4 is 15.4 Å². The molecule has 1 aromatic carbocycles. The van der Waals surface area contributed by atoms with E-state index in [1.165, 1.54) is 0 Å². The zero-order valence-corrected chi connectivity index (χ0v) is 10.5. The second kappa shape index (κ2) is 5.52. The molecule has 2 N–H and O–H groups in total. The van der Waals surface area contributed by atoms with Crippen molar-refractivity contribution in [2.75, 3.05) is 19.8 Å². The monoisotopic (exact) mass is 287 g/mol. The summed E-state index contributed by atoms with van der Waals surface area (Å²) in [5.74, 6) is 6.61. The van der Waals surface area contributed by atoms with E-state index in [1.807, 2.05) is 12.1 Å². The molecule has 0 saturated carbocycles. The van der Waals surface area contributed by atoms with E-state index in [0.29, 0.717) is 19.8 Å². The SMILES string of the molecule is NOCCc1cc2c(cc1Br)OCCCO2. The smallest absolute Gasteiger partial charge is 0.162 e. The Labute approximate surface area is 103 Å². The van der Waals surface area contributed by atoms with Crippen LogP contribution in [0.1, 0.15) is 12.0 Å². The predicted molar refractivity (Wildman–Crippen MR) is 63.6 cm³/mol. The van der Waals surface area contributed by atoms with Gasteiger partial charge in [0.05, 0.1) is 19.8 Å². The van der Waals surface area contributed by atoms with Gasteiger partial charge < -0.3 is 14.3 Å². The summed E-state index contributed by atoms with van der Waals surface area (Å²) in [6.45, 7) is 1.88. The fourth-order valence-electron chi connectivity index (χ4n) is 1.59. The molecule has 1 heterocycles. The highest BCUT2D eigenvalue weighted by Crippen LogP contribution is 2.35. The summed E-state index contributed by atoms with van der Waals surface area (Å²) in [5.41, 5.74) is 1.11. The molecule has 0 spiro atoms. The van der Waals surface area contributed by atoms with E-state index in [0.717, 1.165) is 34.4 Å². The van der Waals surface area contributed by atoms with Crippen LogP contribution in [-0.4, -0.2) is 19.8 Å². The minimum Gasteiger partial charge on any atom is -0.490 e. The van der Waals surface area contributed by atoms with E-state index in [-0.39, 0.29) is 0 Å². The Balaban J connectivity index is 2.24. The average molecular weight is 288 g/mol. The molecule has 0 fully saturated rings. The Kier molecular flexibility index (Phi) is 4.04. The maximum Gasteiger partial charge on any atom is 0.162 e. The summed E-state index contributed by atoms with van der Waals surface area (Å²) in [5, 5.41) is 0. The van der Waals surface area contributed by atoms with Gasteiger partial charge in [-0.25, -0.2) is 5.90 Å². The standard InChI is InChI=1S/C11H14BrNO3/c12-9-7-11-10(14-3-1-4-15-11)6-8(9)2-5-16-13/h6-7H,1-5,13H2. The van der Waals surface area contributed by atoms with E-state index in [2.05, 4.69) is 20.8 Å². The zero-order valence-electron chi connectivity index (χ0n) is 8.87. The quantitative estimate of drug-likeness (QED) is 0.865. The third-order valence-corrected chi connectivity index (χ3v) is 3.14. The fraction of sp³-hybridized carbons (Fsp3) is 0.455. The highest BCUT2D eigenvalue weighted by atomic mass is 79.9. The molecule has 88 valence electrons. The molecule has 0 amide bonds. The van der Waals surface area contributed by atoms with Crippen molar-refractivity contribution in [3.05, 3.63) is 22.2 Å². The number of hydrogen-bond acceptors (Lipinski definition) is 4. The molecule has 16 heavy (non-hydrogen) atoms. The number of hydrogen-bond donors (Lipinski definition) is 1. The molecular formula is C11H14BrNO3. The lowest BCUT2D eigenvalue weighted by atomic mass is 10.1. The lowest BCUT2D eigenvalue weighted by Crippen LogP contribution is -2.04. The summed E-state index contributed by atoms with van der Waals surface area (Å²) in [4.78, 5) is 4.58. The number of halogens is 1. The summed E-state index contributed by atoms with van der Waals surface area (Å²) in [6, 6.07) is 3.91. The van der Waals surface area contributed by atoms with E-state index in [1.54, 1.807) is 0 Å². The Hall–Kier alpha value is -0.780. The number of rotatable bonds is 3. The number of benzene rings is 1. The van der Waals surface area contributed by atoms with Gasteiger partial charge in [0.15, 0.2) is 11.5 Å². The summed E-state index contributed by atoms with van der Waals surface area (Å²) >= 11 is 3.50. The van der Waals surface area contributed by atoms with Crippen molar-refractivity contribution in [1.29, 1.82) is 0 Å². The molecular weight excluding hydrogens is 274 g/mol. The fourth-order valence-corrected chi connectivity index (χ4v) is 2.11. The highest BCUT2D eigenvalue weighted by Gasteiger charge is 2.13. The lowest BCUT2D eigenvalue weighted by molar-refractivity contribution is 0.141. The molecule has 2 rings (SSSR count). The first-order valence-corrected chi connectivity index (χ1v) is 6.00. The zero-order chi connectivity index (χ0) is 11.4. The minimum absolute atomic E-state index is 0.484. The van der Waals surface area contributed by atoms with Gasteiger partial charge in [-0.05, 0) is 24.1 Å². The average Bonchev–Trinajstić information content (AvgIpc) is 2.50. The molecule has 1 aliphatic rings. The number of fused-ring (bicyclic) bond motifs is 1. The van der Waals surface area contributed by atoms with Crippen LogP contribution in [0.15, 0.2) is 16.6 Å². The largest absolute Gasteiger partial charge is 0.490 e. The maximum atomic E-state index is 5.61. The van der Waals surface area contributed by atoms with Gasteiger partial charge in [-0.3, -0.25) is 0 Å². The maximum absolute atomic E-state index is 5.61. The van der Waals surface area contributed by atoms with Crippen molar-refractivity contribution in [3.8, 4) is 11.5 Å². The van der Waals surface area contributed by atoms with Gasteiger partial charge in [-0.2, -0.15) is 0 Å². The van der Waals surface area contributed by atoms with E-state index < -0.39 is 0 Å². The second-order valence-electron chi connectivity index (χ2n) is 3.56. The third-order valence-electron chi connectivity index (χ3n) is 2.41. The Morgan fingerprint density at radius 2 is 1.94 bits per heavy atom. The van der Waals surface area contributed by atoms with Crippen LogP contribution >= 0.6 is 15.9 Å². The third kappa shape index (κ3) is 2.66. The summed E-state index contributed by atoms with van der Waals surface area (Å²) < 4.78 is 12.2. The molecule has 1 aromatic rings. The topological polar surface area (TPSA) is 53.7 Å². The lowest BCUT2D eigenvalue weighted by Gasteiger charge is -2.11. The van der Waals surface area contributed by atoms with Crippen LogP contribution in [0.2, 0.25) is 0 Å².